The van der Waals surface area contributed by atoms with Gasteiger partial charge in [-0.3, -0.25) is 4.79 Å². The number of nitrogens with zero attached hydrogens (tertiary/aromatic N) is 1. The third-order valence-electron chi connectivity index (χ3n) is 3.69. The van der Waals surface area contributed by atoms with E-state index in [0.29, 0.717) is 17.7 Å². The molecule has 2 aliphatic rings. The minimum atomic E-state index is 0.311. The summed E-state index contributed by atoms with van der Waals surface area (Å²) in [7, 11) is 2.12. The summed E-state index contributed by atoms with van der Waals surface area (Å²) in [5, 5.41) is 3.40. The number of hydrogen-bond donors (Lipinski definition) is 1. The Labute approximate surface area is 92.2 Å². The Morgan fingerprint density at radius 2 is 2.27 bits per heavy atom. The molecule has 2 rings (SSSR count). The molecule has 2 aliphatic heterocycles. The molecule has 0 aromatic carbocycles. The van der Waals surface area contributed by atoms with Crippen molar-refractivity contribution in [3.63, 3.8) is 0 Å². The Balaban J connectivity index is 1.78. The zero-order valence-corrected chi connectivity index (χ0v) is 9.67. The summed E-state index contributed by atoms with van der Waals surface area (Å²) in [6, 6.07) is 0.477. The zero-order chi connectivity index (χ0) is 10.7. The van der Waals surface area contributed by atoms with Crippen LogP contribution in [-0.2, 0) is 4.79 Å². The quantitative estimate of drug-likeness (QED) is 0.755. The number of likely N-dealkylation sites (tertiary alicyclic amines) is 1. The molecule has 3 heteroatoms. The van der Waals surface area contributed by atoms with Crippen LogP contribution < -0.4 is 5.32 Å². The van der Waals surface area contributed by atoms with Gasteiger partial charge >= 0.3 is 0 Å². The zero-order valence-electron chi connectivity index (χ0n) is 9.67. The summed E-state index contributed by atoms with van der Waals surface area (Å²) in [6.45, 7) is 3.24. The maximum atomic E-state index is 12.0. The van der Waals surface area contributed by atoms with Crippen LogP contribution in [0.1, 0.15) is 32.1 Å². The second kappa shape index (κ2) is 5.08. The first-order chi connectivity index (χ1) is 7.25. The Kier molecular flexibility index (Phi) is 3.76. The topological polar surface area (TPSA) is 32.3 Å². The molecule has 0 aromatic rings. The summed E-state index contributed by atoms with van der Waals surface area (Å²) in [5.41, 5.74) is 0. The van der Waals surface area contributed by atoms with Crippen molar-refractivity contribution < 1.29 is 4.79 Å². The first kappa shape index (κ1) is 11.1. The maximum absolute atomic E-state index is 12.0. The number of piperidine rings is 1. The van der Waals surface area contributed by atoms with Crippen LogP contribution in [0, 0.1) is 5.92 Å². The Morgan fingerprint density at radius 3 is 2.93 bits per heavy atom. The summed E-state index contributed by atoms with van der Waals surface area (Å²) in [4.78, 5) is 14.3. The van der Waals surface area contributed by atoms with Gasteiger partial charge in [-0.2, -0.15) is 0 Å². The molecule has 0 saturated carbocycles. The van der Waals surface area contributed by atoms with Gasteiger partial charge in [0.15, 0.2) is 0 Å². The predicted molar refractivity (Wildman–Crippen MR) is 60.9 cm³/mol. The molecule has 2 fully saturated rings. The SMILES string of the molecule is CN1CCCC(C(=O)CC2CCCN2)C1. The van der Waals surface area contributed by atoms with Gasteiger partial charge in [0, 0.05) is 24.9 Å². The Morgan fingerprint density at radius 1 is 1.40 bits per heavy atom. The molecule has 1 N–H and O–H groups in total. The van der Waals surface area contributed by atoms with Crippen molar-refractivity contribution in [2.45, 2.75) is 38.1 Å². The van der Waals surface area contributed by atoms with Gasteiger partial charge in [0.2, 0.25) is 0 Å². The van der Waals surface area contributed by atoms with E-state index in [0.717, 1.165) is 32.5 Å². The fourth-order valence-corrected chi connectivity index (χ4v) is 2.77. The van der Waals surface area contributed by atoms with Crippen molar-refractivity contribution in [3.8, 4) is 0 Å². The average molecular weight is 210 g/mol. The third kappa shape index (κ3) is 3.02. The standard InChI is InChI=1S/C12H22N2O/c1-14-7-3-4-10(9-14)12(15)8-11-5-2-6-13-11/h10-11,13H,2-9H2,1H3. The second-order valence-corrected chi connectivity index (χ2v) is 5.07. The summed E-state index contributed by atoms with van der Waals surface area (Å²) in [5.74, 6) is 0.798. The molecule has 0 radical (unpaired) electrons. The lowest BCUT2D eigenvalue weighted by Gasteiger charge is -2.29. The van der Waals surface area contributed by atoms with Crippen LogP contribution >= 0.6 is 0 Å². The van der Waals surface area contributed by atoms with Gasteiger partial charge in [-0.25, -0.2) is 0 Å². The van der Waals surface area contributed by atoms with E-state index in [4.69, 9.17) is 0 Å². The van der Waals surface area contributed by atoms with Crippen LogP contribution in [0.5, 0.6) is 0 Å². The number of rotatable bonds is 3. The van der Waals surface area contributed by atoms with Crippen molar-refractivity contribution >= 4 is 5.78 Å². The van der Waals surface area contributed by atoms with Gasteiger partial charge in [-0.05, 0) is 45.8 Å². The fraction of sp³-hybridized carbons (Fsp3) is 0.917. The summed E-state index contributed by atoms with van der Waals surface area (Å²) < 4.78 is 0. The minimum Gasteiger partial charge on any atom is -0.314 e. The van der Waals surface area contributed by atoms with Crippen LogP contribution in [0.4, 0.5) is 0 Å². The van der Waals surface area contributed by atoms with Crippen LogP contribution in [0.2, 0.25) is 0 Å². The number of carbonyl (C=O) groups excluding carboxylic acids is 1. The van der Waals surface area contributed by atoms with Crippen LogP contribution in [0.15, 0.2) is 0 Å². The lowest BCUT2D eigenvalue weighted by atomic mass is 9.90. The van der Waals surface area contributed by atoms with E-state index < -0.39 is 0 Å². The molecule has 2 atom stereocenters. The molecule has 86 valence electrons. The molecule has 15 heavy (non-hydrogen) atoms. The van der Waals surface area contributed by atoms with E-state index in [2.05, 4.69) is 17.3 Å². The molecule has 0 aliphatic carbocycles. The van der Waals surface area contributed by atoms with Crippen LogP contribution in [-0.4, -0.2) is 43.4 Å². The Hall–Kier alpha value is -0.410. The van der Waals surface area contributed by atoms with Crippen molar-refractivity contribution in [1.29, 1.82) is 0 Å². The minimum absolute atomic E-state index is 0.311. The van der Waals surface area contributed by atoms with Crippen molar-refractivity contribution in [1.82, 2.24) is 10.2 Å². The van der Waals surface area contributed by atoms with Crippen molar-refractivity contribution in [3.05, 3.63) is 0 Å². The molecule has 2 heterocycles. The van der Waals surface area contributed by atoms with Gasteiger partial charge in [0.25, 0.3) is 0 Å². The number of Topliss-reactive ketones (excluding diaryl/α,β-unsaturated/α-hetero) is 1. The number of nitrogens with one attached hydrogen (secondary N) is 1. The number of carbonyl (C=O) groups is 1. The summed E-state index contributed by atoms with van der Waals surface area (Å²) >= 11 is 0. The van der Waals surface area contributed by atoms with Gasteiger partial charge < -0.3 is 10.2 Å². The molecule has 2 saturated heterocycles. The molecular formula is C12H22N2O. The highest BCUT2D eigenvalue weighted by atomic mass is 16.1. The lowest BCUT2D eigenvalue weighted by Crippen LogP contribution is -2.38. The van der Waals surface area contributed by atoms with E-state index in [1.165, 1.54) is 19.3 Å². The van der Waals surface area contributed by atoms with Crippen molar-refractivity contribution in [2.75, 3.05) is 26.7 Å². The molecule has 2 unspecified atom stereocenters. The molecular weight excluding hydrogens is 188 g/mol. The third-order valence-corrected chi connectivity index (χ3v) is 3.69. The van der Waals surface area contributed by atoms with Crippen molar-refractivity contribution in [2.24, 2.45) is 5.92 Å². The lowest BCUT2D eigenvalue weighted by molar-refractivity contribution is -0.124. The van der Waals surface area contributed by atoms with Crippen LogP contribution in [0.3, 0.4) is 0 Å². The highest BCUT2D eigenvalue weighted by Crippen LogP contribution is 2.20. The highest BCUT2D eigenvalue weighted by Gasteiger charge is 2.26. The van der Waals surface area contributed by atoms with Crippen LogP contribution in [0.25, 0.3) is 0 Å². The monoisotopic (exact) mass is 210 g/mol. The Bertz CT molecular complexity index is 224. The second-order valence-electron chi connectivity index (χ2n) is 5.07. The van der Waals surface area contributed by atoms with E-state index in [1.54, 1.807) is 0 Å². The predicted octanol–water partition coefficient (Wildman–Crippen LogP) is 1.04. The first-order valence-corrected chi connectivity index (χ1v) is 6.20. The molecule has 0 aromatic heterocycles. The van der Waals surface area contributed by atoms with E-state index in [1.807, 2.05) is 0 Å². The molecule has 3 nitrogen and oxygen atoms in total. The summed E-state index contributed by atoms with van der Waals surface area (Å²) in [6.07, 6.45) is 5.48. The highest BCUT2D eigenvalue weighted by molar-refractivity contribution is 5.81. The van der Waals surface area contributed by atoms with Gasteiger partial charge in [-0.15, -0.1) is 0 Å². The largest absolute Gasteiger partial charge is 0.314 e. The first-order valence-electron chi connectivity index (χ1n) is 6.20. The van der Waals surface area contributed by atoms with E-state index >= 15 is 0 Å². The number of ketones is 1. The number of hydrogen-bond acceptors (Lipinski definition) is 3. The van der Waals surface area contributed by atoms with Gasteiger partial charge in [0.1, 0.15) is 5.78 Å². The average Bonchev–Trinajstić information content (AvgIpc) is 2.70. The maximum Gasteiger partial charge on any atom is 0.138 e. The normalized spacial score (nSPS) is 33.1. The molecule has 0 bridgehead atoms. The van der Waals surface area contributed by atoms with E-state index in [9.17, 15) is 4.79 Å². The van der Waals surface area contributed by atoms with Gasteiger partial charge in [-0.1, -0.05) is 0 Å². The van der Waals surface area contributed by atoms with E-state index in [-0.39, 0.29) is 0 Å². The fourth-order valence-electron chi connectivity index (χ4n) is 2.77. The smallest absolute Gasteiger partial charge is 0.138 e. The molecule has 0 spiro atoms. The van der Waals surface area contributed by atoms with Gasteiger partial charge in [0.05, 0.1) is 0 Å². The molecule has 0 amide bonds.